The molecule has 5 nitrogen and oxygen atoms in total. The summed E-state index contributed by atoms with van der Waals surface area (Å²) in [6.07, 6.45) is -4.55. The number of anilines is 2. The van der Waals surface area contributed by atoms with E-state index in [1.54, 1.807) is 48.5 Å². The van der Waals surface area contributed by atoms with E-state index in [4.69, 9.17) is 16.3 Å². The van der Waals surface area contributed by atoms with Crippen LogP contribution in [0.5, 0.6) is 5.75 Å². The molecule has 172 valence electrons. The van der Waals surface area contributed by atoms with Crippen LogP contribution in [0.1, 0.15) is 5.56 Å². The number of nitrogens with one attached hydrogen (secondary N) is 2. The van der Waals surface area contributed by atoms with Gasteiger partial charge < -0.3 is 15.4 Å². The number of hydrogen-bond donors (Lipinski definition) is 2. The van der Waals surface area contributed by atoms with Gasteiger partial charge in [0.2, 0.25) is 5.91 Å². The van der Waals surface area contributed by atoms with Gasteiger partial charge in [0.15, 0.2) is 6.61 Å². The fourth-order valence-electron chi connectivity index (χ4n) is 2.66. The summed E-state index contributed by atoms with van der Waals surface area (Å²) < 4.78 is 44.0. The average Bonchev–Trinajstić information content (AvgIpc) is 2.78. The van der Waals surface area contributed by atoms with Crippen molar-refractivity contribution in [2.45, 2.75) is 11.1 Å². The highest BCUT2D eigenvalue weighted by atomic mass is 35.5. The monoisotopic (exact) mass is 494 g/mol. The van der Waals surface area contributed by atoms with Crippen LogP contribution in [0, 0.1) is 0 Å². The van der Waals surface area contributed by atoms with Gasteiger partial charge in [-0.25, -0.2) is 0 Å². The smallest absolute Gasteiger partial charge is 0.416 e. The van der Waals surface area contributed by atoms with Crippen molar-refractivity contribution in [3.8, 4) is 5.75 Å². The Morgan fingerprint density at radius 3 is 2.39 bits per heavy atom. The Balaban J connectivity index is 1.52. The fraction of sp³-hybridized carbons (Fsp3) is 0.130. The molecule has 0 saturated carbocycles. The first-order valence-corrected chi connectivity index (χ1v) is 10.9. The van der Waals surface area contributed by atoms with Crippen LogP contribution >= 0.6 is 23.4 Å². The van der Waals surface area contributed by atoms with Crippen molar-refractivity contribution in [2.75, 3.05) is 23.0 Å². The lowest BCUT2D eigenvalue weighted by atomic mass is 10.2. The number of thioether (sulfide) groups is 1. The molecule has 0 unspecified atom stereocenters. The van der Waals surface area contributed by atoms with Crippen LogP contribution in [0.25, 0.3) is 0 Å². The molecule has 33 heavy (non-hydrogen) atoms. The molecule has 0 spiro atoms. The number of carbonyl (C=O) groups is 2. The summed E-state index contributed by atoms with van der Waals surface area (Å²) in [6, 6.07) is 18.4. The molecule has 0 saturated heterocycles. The van der Waals surface area contributed by atoms with Crippen LogP contribution in [-0.4, -0.2) is 24.2 Å². The van der Waals surface area contributed by atoms with E-state index in [1.807, 2.05) is 6.07 Å². The van der Waals surface area contributed by atoms with Crippen LogP contribution in [0.15, 0.2) is 77.7 Å². The molecule has 0 radical (unpaired) electrons. The first-order valence-electron chi connectivity index (χ1n) is 9.58. The molecule has 10 heteroatoms. The van der Waals surface area contributed by atoms with Gasteiger partial charge in [0.25, 0.3) is 5.91 Å². The molecular formula is C23H18ClF3N2O3S. The minimum Gasteiger partial charge on any atom is -0.484 e. The zero-order valence-electron chi connectivity index (χ0n) is 17.0. The quantitative estimate of drug-likeness (QED) is 0.371. The van der Waals surface area contributed by atoms with E-state index in [0.29, 0.717) is 16.3 Å². The van der Waals surface area contributed by atoms with Crippen molar-refractivity contribution in [1.82, 2.24) is 0 Å². The topological polar surface area (TPSA) is 67.4 Å². The number of hydrogen-bond acceptors (Lipinski definition) is 4. The Bertz CT molecular complexity index is 1130. The highest BCUT2D eigenvalue weighted by Crippen LogP contribution is 2.34. The van der Waals surface area contributed by atoms with Gasteiger partial charge in [-0.3, -0.25) is 9.59 Å². The molecule has 0 aliphatic carbocycles. The molecule has 2 amide bonds. The van der Waals surface area contributed by atoms with Crippen LogP contribution in [0.3, 0.4) is 0 Å². The van der Waals surface area contributed by atoms with Gasteiger partial charge in [-0.2, -0.15) is 13.2 Å². The normalized spacial score (nSPS) is 11.0. The first kappa shape index (κ1) is 24.5. The molecule has 0 aliphatic heterocycles. The number of benzene rings is 3. The number of alkyl halides is 3. The third-order valence-electron chi connectivity index (χ3n) is 4.17. The molecule has 2 N–H and O–H groups in total. The summed E-state index contributed by atoms with van der Waals surface area (Å²) in [6.45, 7) is -0.165. The molecule has 0 atom stereocenters. The number of ether oxygens (including phenoxy) is 1. The van der Waals surface area contributed by atoms with E-state index in [0.717, 1.165) is 30.0 Å². The second kappa shape index (κ2) is 11.1. The van der Waals surface area contributed by atoms with E-state index in [1.165, 1.54) is 0 Å². The van der Waals surface area contributed by atoms with Crippen LogP contribution < -0.4 is 15.4 Å². The van der Waals surface area contributed by atoms with E-state index >= 15 is 0 Å². The second-order valence-corrected chi connectivity index (χ2v) is 8.16. The van der Waals surface area contributed by atoms with Crippen molar-refractivity contribution in [3.05, 3.63) is 83.4 Å². The minimum atomic E-state index is -4.55. The van der Waals surface area contributed by atoms with E-state index in [9.17, 15) is 22.8 Å². The molecule has 3 rings (SSSR count). The molecule has 0 aromatic heterocycles. The Kier molecular flexibility index (Phi) is 8.24. The third-order valence-corrected chi connectivity index (χ3v) is 5.49. The van der Waals surface area contributed by atoms with E-state index in [2.05, 4.69) is 10.6 Å². The lowest BCUT2D eigenvalue weighted by Gasteiger charge is -2.12. The average molecular weight is 495 g/mol. The van der Waals surface area contributed by atoms with Gasteiger partial charge in [0.1, 0.15) is 5.75 Å². The van der Waals surface area contributed by atoms with Crippen molar-refractivity contribution in [3.63, 3.8) is 0 Å². The van der Waals surface area contributed by atoms with Crippen molar-refractivity contribution in [2.24, 2.45) is 0 Å². The summed E-state index contributed by atoms with van der Waals surface area (Å²) in [5.41, 5.74) is -0.506. The zero-order chi connectivity index (χ0) is 23.8. The highest BCUT2D eigenvalue weighted by Gasteiger charge is 2.31. The lowest BCUT2D eigenvalue weighted by Crippen LogP contribution is -2.20. The van der Waals surface area contributed by atoms with Crippen molar-refractivity contribution < 1.29 is 27.5 Å². The van der Waals surface area contributed by atoms with Gasteiger partial charge in [0.05, 0.1) is 22.0 Å². The maximum atomic E-state index is 12.9. The SMILES string of the molecule is O=C(COc1ccccc1)Nc1cccc(SCC(=O)Nc2cc(C(F)(F)F)ccc2Cl)c1. The molecule has 0 aliphatic rings. The molecular weight excluding hydrogens is 477 g/mol. The number of carbonyl (C=O) groups excluding carboxylic acids is 2. The zero-order valence-corrected chi connectivity index (χ0v) is 18.6. The van der Waals surface area contributed by atoms with Gasteiger partial charge in [-0.05, 0) is 48.5 Å². The summed E-state index contributed by atoms with van der Waals surface area (Å²) in [7, 11) is 0. The number of amides is 2. The first-order chi connectivity index (χ1) is 15.7. The van der Waals surface area contributed by atoms with Crippen LogP contribution in [0.2, 0.25) is 5.02 Å². The molecule has 3 aromatic carbocycles. The van der Waals surface area contributed by atoms with Gasteiger partial charge >= 0.3 is 6.18 Å². The van der Waals surface area contributed by atoms with Gasteiger partial charge in [-0.15, -0.1) is 11.8 Å². The van der Waals surface area contributed by atoms with Gasteiger partial charge in [-0.1, -0.05) is 35.9 Å². The molecule has 0 bridgehead atoms. The fourth-order valence-corrected chi connectivity index (χ4v) is 3.58. The summed E-state index contributed by atoms with van der Waals surface area (Å²) >= 11 is 7.06. The van der Waals surface area contributed by atoms with E-state index < -0.39 is 17.6 Å². The Labute approximate surface area is 197 Å². The summed E-state index contributed by atoms with van der Waals surface area (Å²) in [5, 5.41) is 5.10. The minimum absolute atomic E-state index is 0.00350. The van der Waals surface area contributed by atoms with Crippen LogP contribution in [-0.2, 0) is 15.8 Å². The number of rotatable bonds is 8. The predicted octanol–water partition coefficient (Wildman–Crippen LogP) is 6.11. The van der Waals surface area contributed by atoms with Crippen molar-refractivity contribution in [1.29, 1.82) is 0 Å². The Hall–Kier alpha value is -3.17. The number of halogens is 4. The maximum absolute atomic E-state index is 12.9. The Morgan fingerprint density at radius 2 is 1.67 bits per heavy atom. The van der Waals surface area contributed by atoms with Crippen molar-refractivity contribution >= 4 is 46.6 Å². The molecule has 3 aromatic rings. The lowest BCUT2D eigenvalue weighted by molar-refractivity contribution is -0.137. The van der Waals surface area contributed by atoms with Crippen LogP contribution in [0.4, 0.5) is 24.5 Å². The summed E-state index contributed by atoms with van der Waals surface area (Å²) in [5.74, 6) is -0.366. The third kappa shape index (κ3) is 7.73. The van der Waals surface area contributed by atoms with Gasteiger partial charge in [0, 0.05) is 10.6 Å². The van der Waals surface area contributed by atoms with E-state index in [-0.39, 0.29) is 29.0 Å². The predicted molar refractivity (Wildman–Crippen MR) is 123 cm³/mol. The second-order valence-electron chi connectivity index (χ2n) is 6.71. The standard InChI is InChI=1S/C23H18ClF3N2O3S/c24-19-10-9-15(23(25,26)27)11-20(19)29-22(31)14-33-18-8-4-5-16(12-18)28-21(30)13-32-17-6-2-1-3-7-17/h1-12H,13-14H2,(H,28,30)(H,29,31). The largest absolute Gasteiger partial charge is 0.484 e. The summed E-state index contributed by atoms with van der Waals surface area (Å²) in [4.78, 5) is 25.0. The number of para-hydroxylation sites is 1. The molecule has 0 fully saturated rings. The highest BCUT2D eigenvalue weighted by molar-refractivity contribution is 8.00. The Morgan fingerprint density at radius 1 is 0.909 bits per heavy atom. The maximum Gasteiger partial charge on any atom is 0.416 e. The molecule has 0 heterocycles.